The highest BCUT2D eigenvalue weighted by Gasteiger charge is 2.21. The molecule has 3 aromatic rings. The van der Waals surface area contributed by atoms with Crippen LogP contribution in [0.3, 0.4) is 0 Å². The zero-order valence-electron chi connectivity index (χ0n) is 18.3. The molecular formula is C23H24N6O5. The van der Waals surface area contributed by atoms with Crippen LogP contribution in [0.15, 0.2) is 30.7 Å². The van der Waals surface area contributed by atoms with Crippen LogP contribution in [0.2, 0.25) is 0 Å². The molecule has 3 amide bonds. The number of fused-ring (bicyclic) bond motifs is 2. The summed E-state index contributed by atoms with van der Waals surface area (Å²) in [4.78, 5) is 48.4. The van der Waals surface area contributed by atoms with E-state index in [9.17, 15) is 14.4 Å². The Bertz CT molecular complexity index is 1250. The molecule has 11 heteroatoms. The average Bonchev–Trinajstić information content (AvgIpc) is 3.30. The number of amides is 3. The molecule has 2 aliphatic rings. The van der Waals surface area contributed by atoms with Gasteiger partial charge in [-0.2, -0.15) is 0 Å². The maximum atomic E-state index is 12.9. The molecule has 4 N–H and O–H groups in total. The number of ether oxygens (including phenoxy) is 2. The Morgan fingerprint density at radius 2 is 1.97 bits per heavy atom. The second-order valence-corrected chi connectivity index (χ2v) is 8.26. The number of benzene rings is 1. The van der Waals surface area contributed by atoms with Gasteiger partial charge in [-0.15, -0.1) is 0 Å². The Balaban J connectivity index is 1.26. The average molecular weight is 464 g/mol. The Kier molecular flexibility index (Phi) is 6.09. The summed E-state index contributed by atoms with van der Waals surface area (Å²) in [5, 5.41) is 8.51. The van der Waals surface area contributed by atoms with Crippen LogP contribution in [0.5, 0.6) is 5.75 Å². The number of nitrogens with one attached hydrogen (secondary N) is 4. The maximum absolute atomic E-state index is 12.9. The molecule has 5 rings (SSSR count). The molecule has 1 aromatic carbocycles. The van der Waals surface area contributed by atoms with Crippen LogP contribution in [-0.4, -0.2) is 59.0 Å². The summed E-state index contributed by atoms with van der Waals surface area (Å²) in [5.74, 6) is 0.0856. The summed E-state index contributed by atoms with van der Waals surface area (Å²) < 4.78 is 10.7. The second-order valence-electron chi connectivity index (χ2n) is 8.26. The van der Waals surface area contributed by atoms with Crippen LogP contribution in [-0.2, 0) is 16.1 Å². The molecule has 1 saturated heterocycles. The van der Waals surface area contributed by atoms with E-state index in [1.807, 2.05) is 6.07 Å². The summed E-state index contributed by atoms with van der Waals surface area (Å²) >= 11 is 0. The molecule has 2 aromatic heterocycles. The van der Waals surface area contributed by atoms with Crippen LogP contribution < -0.4 is 20.7 Å². The Morgan fingerprint density at radius 1 is 1.12 bits per heavy atom. The SMILES string of the molecule is O=C1COc2ccc(CNC(=O)c3ncnc4c(C(=O)NCC5CCOCC5)c[nH]c34)cc2N1. The van der Waals surface area contributed by atoms with Crippen molar-refractivity contribution in [2.45, 2.75) is 19.4 Å². The van der Waals surface area contributed by atoms with E-state index in [1.165, 1.54) is 6.33 Å². The topological polar surface area (TPSA) is 147 Å². The van der Waals surface area contributed by atoms with Crippen molar-refractivity contribution in [3.05, 3.63) is 47.5 Å². The molecule has 0 atom stereocenters. The van der Waals surface area contributed by atoms with Gasteiger partial charge >= 0.3 is 0 Å². The van der Waals surface area contributed by atoms with E-state index in [2.05, 4.69) is 30.9 Å². The largest absolute Gasteiger partial charge is 0.482 e. The standard InChI is InChI=1S/C23H24N6O5/c30-18-11-34-17-2-1-14(7-16(17)29-18)9-26-23(32)21-20-19(27-12-28-21)15(10-24-20)22(31)25-8-13-3-5-33-6-4-13/h1-2,7,10,12-13,24H,3-6,8-9,11H2,(H,25,31)(H,26,32)(H,29,30). The van der Waals surface area contributed by atoms with Crippen LogP contribution in [0.4, 0.5) is 5.69 Å². The second kappa shape index (κ2) is 9.48. The van der Waals surface area contributed by atoms with Gasteiger partial charge in [0.1, 0.15) is 17.6 Å². The molecule has 11 nitrogen and oxygen atoms in total. The molecule has 0 unspecified atom stereocenters. The Morgan fingerprint density at radius 3 is 2.82 bits per heavy atom. The molecule has 0 radical (unpaired) electrons. The predicted molar refractivity (Wildman–Crippen MR) is 122 cm³/mol. The van der Waals surface area contributed by atoms with Gasteiger partial charge in [-0.25, -0.2) is 9.97 Å². The van der Waals surface area contributed by atoms with Crippen molar-refractivity contribution in [3.8, 4) is 5.75 Å². The number of carbonyl (C=O) groups is 3. The van der Waals surface area contributed by atoms with E-state index in [0.717, 1.165) is 18.4 Å². The fraction of sp³-hybridized carbons (Fsp3) is 0.348. The lowest BCUT2D eigenvalue weighted by Gasteiger charge is -2.22. The van der Waals surface area contributed by atoms with Crippen molar-refractivity contribution in [3.63, 3.8) is 0 Å². The fourth-order valence-electron chi connectivity index (χ4n) is 4.07. The number of H-pyrrole nitrogens is 1. The quantitative estimate of drug-likeness (QED) is 0.431. The normalized spacial score (nSPS) is 15.8. The molecule has 0 bridgehead atoms. The van der Waals surface area contributed by atoms with Crippen LogP contribution in [0, 0.1) is 5.92 Å². The molecule has 2 aliphatic heterocycles. The highest BCUT2D eigenvalue weighted by Crippen LogP contribution is 2.28. The zero-order valence-corrected chi connectivity index (χ0v) is 18.3. The zero-order chi connectivity index (χ0) is 23.5. The smallest absolute Gasteiger partial charge is 0.272 e. The number of hydrogen-bond acceptors (Lipinski definition) is 7. The molecular weight excluding hydrogens is 440 g/mol. The number of aromatic amines is 1. The monoisotopic (exact) mass is 464 g/mol. The first kappa shape index (κ1) is 21.8. The first-order valence-electron chi connectivity index (χ1n) is 11.1. The third kappa shape index (κ3) is 4.55. The van der Waals surface area contributed by atoms with Gasteiger partial charge < -0.3 is 30.4 Å². The molecule has 0 aliphatic carbocycles. The van der Waals surface area contributed by atoms with Gasteiger partial charge in [-0.05, 0) is 36.5 Å². The number of hydrogen-bond donors (Lipinski definition) is 4. The predicted octanol–water partition coefficient (Wildman–Crippen LogP) is 1.38. The lowest BCUT2D eigenvalue weighted by Crippen LogP contribution is -2.32. The summed E-state index contributed by atoms with van der Waals surface area (Å²) in [6.45, 7) is 2.20. The lowest BCUT2D eigenvalue weighted by atomic mass is 10.0. The highest BCUT2D eigenvalue weighted by atomic mass is 16.5. The summed E-state index contributed by atoms with van der Waals surface area (Å²) in [6.07, 6.45) is 4.66. The van der Waals surface area contributed by atoms with Crippen molar-refractivity contribution in [1.29, 1.82) is 0 Å². The van der Waals surface area contributed by atoms with Crippen molar-refractivity contribution in [2.24, 2.45) is 5.92 Å². The van der Waals surface area contributed by atoms with Gasteiger partial charge in [0.2, 0.25) is 0 Å². The lowest BCUT2D eigenvalue weighted by molar-refractivity contribution is -0.118. The summed E-state index contributed by atoms with van der Waals surface area (Å²) in [5.41, 5.74) is 2.63. The van der Waals surface area contributed by atoms with Gasteiger partial charge in [0, 0.05) is 32.5 Å². The number of rotatable bonds is 6. The minimum atomic E-state index is -0.415. The van der Waals surface area contributed by atoms with Gasteiger partial charge in [0.05, 0.1) is 16.8 Å². The van der Waals surface area contributed by atoms with E-state index in [4.69, 9.17) is 9.47 Å². The van der Waals surface area contributed by atoms with Crippen molar-refractivity contribution in [1.82, 2.24) is 25.6 Å². The fourth-order valence-corrected chi connectivity index (χ4v) is 4.07. The third-order valence-electron chi connectivity index (χ3n) is 5.95. The number of aromatic nitrogens is 3. The van der Waals surface area contributed by atoms with Crippen LogP contribution in [0.25, 0.3) is 11.0 Å². The molecule has 1 fully saturated rings. The minimum absolute atomic E-state index is 0.0154. The van der Waals surface area contributed by atoms with E-state index in [-0.39, 0.29) is 30.7 Å². The molecule has 34 heavy (non-hydrogen) atoms. The van der Waals surface area contributed by atoms with Crippen molar-refractivity contribution >= 4 is 34.4 Å². The van der Waals surface area contributed by atoms with E-state index >= 15 is 0 Å². The molecule has 176 valence electrons. The first-order chi connectivity index (χ1) is 16.6. The number of nitrogens with zero attached hydrogens (tertiary/aromatic N) is 2. The van der Waals surface area contributed by atoms with Gasteiger partial charge in [-0.3, -0.25) is 14.4 Å². The van der Waals surface area contributed by atoms with Crippen molar-refractivity contribution in [2.75, 3.05) is 31.7 Å². The van der Waals surface area contributed by atoms with Crippen LogP contribution in [0.1, 0.15) is 39.3 Å². The van der Waals surface area contributed by atoms with Gasteiger partial charge in [0.15, 0.2) is 12.3 Å². The van der Waals surface area contributed by atoms with E-state index in [1.54, 1.807) is 18.3 Å². The molecule has 4 heterocycles. The van der Waals surface area contributed by atoms with E-state index < -0.39 is 5.91 Å². The Labute approximate surface area is 194 Å². The summed E-state index contributed by atoms with van der Waals surface area (Å²) in [6, 6.07) is 5.30. The van der Waals surface area contributed by atoms with Gasteiger partial charge in [0.25, 0.3) is 17.7 Å². The van der Waals surface area contributed by atoms with Crippen molar-refractivity contribution < 1.29 is 23.9 Å². The summed E-state index contributed by atoms with van der Waals surface area (Å²) in [7, 11) is 0. The minimum Gasteiger partial charge on any atom is -0.482 e. The third-order valence-corrected chi connectivity index (χ3v) is 5.95. The number of anilines is 1. The first-order valence-corrected chi connectivity index (χ1v) is 11.1. The number of carbonyl (C=O) groups excluding carboxylic acids is 3. The highest BCUT2D eigenvalue weighted by molar-refractivity contribution is 6.10. The van der Waals surface area contributed by atoms with Crippen LogP contribution >= 0.6 is 0 Å². The van der Waals surface area contributed by atoms with Gasteiger partial charge in [-0.1, -0.05) is 6.07 Å². The molecule has 0 saturated carbocycles. The maximum Gasteiger partial charge on any atom is 0.272 e. The van der Waals surface area contributed by atoms with E-state index in [0.29, 0.717) is 53.7 Å². The Hall–Kier alpha value is -3.99. The molecule has 0 spiro atoms.